The van der Waals surface area contributed by atoms with E-state index in [1.165, 1.54) is 4.88 Å². The van der Waals surface area contributed by atoms with Crippen LogP contribution in [0.4, 0.5) is 0 Å². The highest BCUT2D eigenvalue weighted by atomic mass is 79.9. The van der Waals surface area contributed by atoms with Crippen LogP contribution in [-0.2, 0) is 11.2 Å². The summed E-state index contributed by atoms with van der Waals surface area (Å²) in [6.07, 6.45) is 1.08. The van der Waals surface area contributed by atoms with Crippen molar-refractivity contribution in [2.45, 2.75) is 19.8 Å². The average molecular weight is 263 g/mol. The monoisotopic (exact) mass is 262 g/mol. The third kappa shape index (κ3) is 3.48. The molecule has 0 aliphatic rings. The maximum atomic E-state index is 10.4. The molecular formula is C9H11BrO2S. The van der Waals surface area contributed by atoms with E-state index in [1.807, 2.05) is 18.4 Å². The molecule has 72 valence electrons. The molecule has 2 nitrogen and oxygen atoms in total. The molecule has 1 rings (SSSR count). The topological polar surface area (TPSA) is 37.3 Å². The van der Waals surface area contributed by atoms with Crippen molar-refractivity contribution in [3.05, 3.63) is 20.8 Å². The molecule has 0 fully saturated rings. The molecule has 0 saturated heterocycles. The van der Waals surface area contributed by atoms with Gasteiger partial charge in [0, 0.05) is 15.8 Å². The number of thiophene rings is 1. The fraction of sp³-hybridized carbons (Fsp3) is 0.444. The lowest BCUT2D eigenvalue weighted by Gasteiger charge is -2.06. The van der Waals surface area contributed by atoms with Crippen molar-refractivity contribution in [2.24, 2.45) is 5.92 Å². The van der Waals surface area contributed by atoms with Crippen LogP contribution in [0, 0.1) is 5.92 Å². The van der Waals surface area contributed by atoms with Crippen LogP contribution in [0.15, 0.2) is 15.9 Å². The smallest absolute Gasteiger partial charge is 0.303 e. The maximum absolute atomic E-state index is 10.4. The van der Waals surface area contributed by atoms with Crippen LogP contribution in [0.3, 0.4) is 0 Å². The largest absolute Gasteiger partial charge is 0.481 e. The molecule has 1 heterocycles. The number of rotatable bonds is 4. The Labute approximate surface area is 89.7 Å². The molecule has 1 atom stereocenters. The van der Waals surface area contributed by atoms with Gasteiger partial charge in [-0.05, 0) is 39.7 Å². The molecule has 0 bridgehead atoms. The molecule has 1 aromatic rings. The average Bonchev–Trinajstić information content (AvgIpc) is 2.34. The van der Waals surface area contributed by atoms with E-state index in [2.05, 4.69) is 15.9 Å². The molecule has 13 heavy (non-hydrogen) atoms. The Bertz CT molecular complexity index is 296. The number of carbonyl (C=O) groups is 1. The van der Waals surface area contributed by atoms with Crippen LogP contribution in [0.25, 0.3) is 0 Å². The van der Waals surface area contributed by atoms with E-state index in [1.54, 1.807) is 11.3 Å². The van der Waals surface area contributed by atoms with Gasteiger partial charge in [-0.2, -0.15) is 0 Å². The van der Waals surface area contributed by atoms with Crippen molar-refractivity contribution < 1.29 is 9.90 Å². The summed E-state index contributed by atoms with van der Waals surface area (Å²) in [5.41, 5.74) is 0. The van der Waals surface area contributed by atoms with Gasteiger partial charge >= 0.3 is 5.97 Å². The van der Waals surface area contributed by atoms with Gasteiger partial charge in [-0.25, -0.2) is 0 Å². The molecule has 1 aromatic heterocycles. The second-order valence-corrected chi connectivity index (χ2v) is 4.95. The molecular weight excluding hydrogens is 252 g/mol. The van der Waals surface area contributed by atoms with Gasteiger partial charge in [0.15, 0.2) is 0 Å². The van der Waals surface area contributed by atoms with Crippen LogP contribution < -0.4 is 0 Å². The number of halogens is 1. The fourth-order valence-electron chi connectivity index (χ4n) is 1.16. The van der Waals surface area contributed by atoms with Crippen molar-refractivity contribution in [1.82, 2.24) is 0 Å². The number of aliphatic carboxylic acids is 1. The van der Waals surface area contributed by atoms with Crippen molar-refractivity contribution in [3.8, 4) is 0 Å². The summed E-state index contributed by atoms with van der Waals surface area (Å²) in [6, 6.07) is 1.99. The molecule has 0 aromatic carbocycles. The minimum atomic E-state index is -0.722. The van der Waals surface area contributed by atoms with Gasteiger partial charge < -0.3 is 5.11 Å². The van der Waals surface area contributed by atoms with Gasteiger partial charge in [-0.1, -0.05) is 6.92 Å². The maximum Gasteiger partial charge on any atom is 0.303 e. The van der Waals surface area contributed by atoms with Gasteiger partial charge in [0.1, 0.15) is 0 Å². The highest BCUT2D eigenvalue weighted by Crippen LogP contribution is 2.26. The molecule has 0 saturated carbocycles. The SMILES string of the molecule is CC(CC(=O)O)Cc1sccc1Br. The Kier molecular flexibility index (Phi) is 3.93. The van der Waals surface area contributed by atoms with Gasteiger partial charge in [-0.15, -0.1) is 11.3 Å². The van der Waals surface area contributed by atoms with E-state index in [9.17, 15) is 4.79 Å². The first-order chi connectivity index (χ1) is 6.09. The van der Waals surface area contributed by atoms with E-state index in [0.29, 0.717) is 0 Å². The predicted octanol–water partition coefficient (Wildman–Crippen LogP) is 3.16. The molecule has 0 amide bonds. The first-order valence-electron chi connectivity index (χ1n) is 4.03. The van der Waals surface area contributed by atoms with E-state index in [0.717, 1.165) is 10.9 Å². The van der Waals surface area contributed by atoms with Crippen LogP contribution in [0.1, 0.15) is 18.2 Å². The minimum absolute atomic E-state index is 0.201. The number of hydrogen-bond donors (Lipinski definition) is 1. The van der Waals surface area contributed by atoms with Crippen LogP contribution in [-0.4, -0.2) is 11.1 Å². The number of carboxylic acids is 1. The lowest BCUT2D eigenvalue weighted by molar-refractivity contribution is -0.137. The zero-order valence-corrected chi connectivity index (χ0v) is 9.69. The summed E-state index contributed by atoms with van der Waals surface area (Å²) in [7, 11) is 0. The molecule has 0 spiro atoms. The zero-order chi connectivity index (χ0) is 9.84. The third-order valence-corrected chi connectivity index (χ3v) is 3.70. The van der Waals surface area contributed by atoms with Crippen LogP contribution in [0.2, 0.25) is 0 Å². The van der Waals surface area contributed by atoms with Crippen molar-refractivity contribution in [1.29, 1.82) is 0 Å². The standard InChI is InChI=1S/C9H11BrO2S/c1-6(5-9(11)12)4-8-7(10)2-3-13-8/h2-3,6H,4-5H2,1H3,(H,11,12). The highest BCUT2D eigenvalue weighted by molar-refractivity contribution is 9.10. The Hall–Kier alpha value is -0.350. The molecule has 4 heteroatoms. The van der Waals surface area contributed by atoms with E-state index >= 15 is 0 Å². The first-order valence-corrected chi connectivity index (χ1v) is 5.70. The summed E-state index contributed by atoms with van der Waals surface area (Å²) in [5.74, 6) is -0.521. The van der Waals surface area contributed by atoms with Gasteiger partial charge in [0.25, 0.3) is 0 Å². The van der Waals surface area contributed by atoms with E-state index < -0.39 is 5.97 Å². The summed E-state index contributed by atoms with van der Waals surface area (Å²) in [6.45, 7) is 1.96. The van der Waals surface area contributed by atoms with E-state index in [4.69, 9.17) is 5.11 Å². The lowest BCUT2D eigenvalue weighted by Crippen LogP contribution is -2.06. The van der Waals surface area contributed by atoms with Gasteiger partial charge in [0.05, 0.1) is 0 Å². The number of carboxylic acid groups (broad SMARTS) is 1. The van der Waals surface area contributed by atoms with Crippen LogP contribution >= 0.6 is 27.3 Å². The van der Waals surface area contributed by atoms with Gasteiger partial charge in [0.2, 0.25) is 0 Å². The third-order valence-electron chi connectivity index (χ3n) is 1.75. The first kappa shape index (κ1) is 10.7. The van der Waals surface area contributed by atoms with Gasteiger partial charge in [-0.3, -0.25) is 4.79 Å². The Balaban J connectivity index is 2.49. The fourth-order valence-corrected chi connectivity index (χ4v) is 2.84. The lowest BCUT2D eigenvalue weighted by atomic mass is 10.0. The molecule has 0 radical (unpaired) electrons. The number of hydrogen-bond acceptors (Lipinski definition) is 2. The molecule has 0 aliphatic carbocycles. The second kappa shape index (κ2) is 4.77. The Morgan fingerprint density at radius 2 is 2.46 bits per heavy atom. The van der Waals surface area contributed by atoms with Crippen LogP contribution in [0.5, 0.6) is 0 Å². The molecule has 1 N–H and O–H groups in total. The summed E-state index contributed by atoms with van der Waals surface area (Å²) in [5, 5.41) is 10.6. The highest BCUT2D eigenvalue weighted by Gasteiger charge is 2.10. The molecule has 1 unspecified atom stereocenters. The zero-order valence-electron chi connectivity index (χ0n) is 7.29. The summed E-state index contributed by atoms with van der Waals surface area (Å²) in [4.78, 5) is 11.6. The summed E-state index contributed by atoms with van der Waals surface area (Å²) < 4.78 is 1.09. The normalized spacial score (nSPS) is 12.8. The minimum Gasteiger partial charge on any atom is -0.481 e. The van der Waals surface area contributed by atoms with Crippen molar-refractivity contribution in [2.75, 3.05) is 0 Å². The molecule has 0 aliphatic heterocycles. The quantitative estimate of drug-likeness (QED) is 0.905. The predicted molar refractivity (Wildman–Crippen MR) is 57.1 cm³/mol. The van der Waals surface area contributed by atoms with Crippen molar-refractivity contribution in [3.63, 3.8) is 0 Å². The Morgan fingerprint density at radius 1 is 1.77 bits per heavy atom. The van der Waals surface area contributed by atoms with Crippen molar-refractivity contribution >= 4 is 33.2 Å². The van der Waals surface area contributed by atoms with E-state index in [-0.39, 0.29) is 12.3 Å². The second-order valence-electron chi connectivity index (χ2n) is 3.10. The summed E-state index contributed by atoms with van der Waals surface area (Å²) >= 11 is 5.09. The Morgan fingerprint density at radius 3 is 2.92 bits per heavy atom.